The number of anilines is 1. The lowest BCUT2D eigenvalue weighted by molar-refractivity contribution is 0.0752. The maximum absolute atomic E-state index is 11.9. The summed E-state index contributed by atoms with van der Waals surface area (Å²) in [5, 5.41) is 4.37. The second-order valence-electron chi connectivity index (χ2n) is 7.05. The number of hydrogen-bond donors (Lipinski definition) is 4. The number of aryl methyl sites for hydroxylation is 1. The van der Waals surface area contributed by atoms with Crippen LogP contribution in [0, 0.1) is 0 Å². The molecule has 2 aromatic heterocycles. The average molecular weight is 380 g/mol. The minimum absolute atomic E-state index is 0.0326. The molecule has 1 fully saturated rings. The molecule has 1 saturated heterocycles. The third-order valence-corrected chi connectivity index (χ3v) is 5.09. The standard InChI is InChI=1S/C20H24N6O2/c1-2-11-3-4-14-12(7-11)8-16(24-14)18-19(20(22)27)23-9-17(26-18)25-15-5-6-28-10-13(15)21/h3-4,7-9,13,15,24H,2,5-6,10,21H2,1H3,(H2,22,27)(H,25,26)/t13?,15-/m1/s1. The number of aromatic nitrogens is 3. The fourth-order valence-electron chi connectivity index (χ4n) is 3.49. The number of amides is 1. The maximum Gasteiger partial charge on any atom is 0.269 e. The molecule has 0 saturated carbocycles. The van der Waals surface area contributed by atoms with Crippen molar-refractivity contribution in [2.24, 2.45) is 11.5 Å². The van der Waals surface area contributed by atoms with Gasteiger partial charge in [-0.2, -0.15) is 0 Å². The van der Waals surface area contributed by atoms with Gasteiger partial charge in [-0.25, -0.2) is 9.97 Å². The van der Waals surface area contributed by atoms with E-state index in [-0.39, 0.29) is 17.8 Å². The van der Waals surface area contributed by atoms with E-state index in [0.717, 1.165) is 23.7 Å². The lowest BCUT2D eigenvalue weighted by Crippen LogP contribution is -2.47. The summed E-state index contributed by atoms with van der Waals surface area (Å²) in [4.78, 5) is 24.1. The largest absolute Gasteiger partial charge is 0.380 e. The summed E-state index contributed by atoms with van der Waals surface area (Å²) in [5.74, 6) is -0.0695. The first kappa shape index (κ1) is 18.4. The molecule has 0 aliphatic carbocycles. The second kappa shape index (κ2) is 7.57. The van der Waals surface area contributed by atoms with Gasteiger partial charge in [-0.15, -0.1) is 0 Å². The number of carbonyl (C=O) groups excluding carboxylic acids is 1. The van der Waals surface area contributed by atoms with Crippen molar-refractivity contribution in [1.82, 2.24) is 15.0 Å². The van der Waals surface area contributed by atoms with E-state index < -0.39 is 5.91 Å². The van der Waals surface area contributed by atoms with Crippen molar-refractivity contribution in [3.05, 3.63) is 41.7 Å². The van der Waals surface area contributed by atoms with Crippen molar-refractivity contribution in [2.45, 2.75) is 31.8 Å². The van der Waals surface area contributed by atoms with Gasteiger partial charge in [0.2, 0.25) is 0 Å². The normalized spacial score (nSPS) is 19.6. The summed E-state index contributed by atoms with van der Waals surface area (Å²) in [6.07, 6.45) is 3.25. The zero-order chi connectivity index (χ0) is 19.7. The minimum atomic E-state index is -0.621. The first-order valence-electron chi connectivity index (χ1n) is 9.44. The van der Waals surface area contributed by atoms with Crippen LogP contribution in [-0.2, 0) is 11.2 Å². The maximum atomic E-state index is 11.9. The monoisotopic (exact) mass is 380 g/mol. The smallest absolute Gasteiger partial charge is 0.269 e. The van der Waals surface area contributed by atoms with Gasteiger partial charge < -0.3 is 26.5 Å². The Hall–Kier alpha value is -2.97. The molecule has 1 aliphatic rings. The Morgan fingerprint density at radius 2 is 2.25 bits per heavy atom. The number of carbonyl (C=O) groups is 1. The molecular weight excluding hydrogens is 356 g/mol. The Kier molecular flexibility index (Phi) is 4.97. The van der Waals surface area contributed by atoms with Crippen LogP contribution < -0.4 is 16.8 Å². The predicted molar refractivity (Wildman–Crippen MR) is 108 cm³/mol. The van der Waals surface area contributed by atoms with Gasteiger partial charge in [0.25, 0.3) is 5.91 Å². The zero-order valence-corrected chi connectivity index (χ0v) is 15.7. The number of rotatable bonds is 5. The van der Waals surface area contributed by atoms with Crippen molar-refractivity contribution in [3.8, 4) is 11.4 Å². The molecule has 146 valence electrons. The zero-order valence-electron chi connectivity index (χ0n) is 15.7. The highest BCUT2D eigenvalue weighted by molar-refractivity contribution is 5.98. The fourth-order valence-corrected chi connectivity index (χ4v) is 3.49. The third kappa shape index (κ3) is 3.56. The lowest BCUT2D eigenvalue weighted by atomic mass is 10.0. The first-order chi connectivity index (χ1) is 13.5. The minimum Gasteiger partial charge on any atom is -0.380 e. The molecule has 0 spiro atoms. The summed E-state index contributed by atoms with van der Waals surface area (Å²) < 4.78 is 5.38. The molecular formula is C20H24N6O2. The average Bonchev–Trinajstić information content (AvgIpc) is 3.12. The number of hydrogen-bond acceptors (Lipinski definition) is 6. The lowest BCUT2D eigenvalue weighted by Gasteiger charge is -2.29. The van der Waals surface area contributed by atoms with Crippen LogP contribution in [0.2, 0.25) is 0 Å². The molecule has 3 aromatic rings. The van der Waals surface area contributed by atoms with Gasteiger partial charge in [-0.1, -0.05) is 13.0 Å². The highest BCUT2D eigenvalue weighted by Crippen LogP contribution is 2.27. The van der Waals surface area contributed by atoms with Crippen LogP contribution in [-0.4, -0.2) is 46.2 Å². The number of nitrogens with one attached hydrogen (secondary N) is 2. The molecule has 0 bridgehead atoms. The molecule has 6 N–H and O–H groups in total. The van der Waals surface area contributed by atoms with Crippen molar-refractivity contribution in [2.75, 3.05) is 18.5 Å². The van der Waals surface area contributed by atoms with Crippen molar-refractivity contribution >= 4 is 22.6 Å². The van der Waals surface area contributed by atoms with Gasteiger partial charge in [0, 0.05) is 29.6 Å². The number of ether oxygens (including phenoxy) is 1. The van der Waals surface area contributed by atoms with E-state index in [1.165, 1.54) is 11.8 Å². The molecule has 28 heavy (non-hydrogen) atoms. The number of primary amides is 1. The number of benzene rings is 1. The van der Waals surface area contributed by atoms with E-state index in [1.807, 2.05) is 12.1 Å². The Balaban J connectivity index is 1.72. The van der Waals surface area contributed by atoms with Gasteiger partial charge in [-0.05, 0) is 36.6 Å². The molecule has 1 amide bonds. The fraction of sp³-hybridized carbons (Fsp3) is 0.350. The summed E-state index contributed by atoms with van der Waals surface area (Å²) in [5.41, 5.74) is 15.1. The van der Waals surface area contributed by atoms with Gasteiger partial charge in [-0.3, -0.25) is 4.79 Å². The van der Waals surface area contributed by atoms with Crippen molar-refractivity contribution in [3.63, 3.8) is 0 Å². The number of fused-ring (bicyclic) bond motifs is 1. The number of nitrogens with zero attached hydrogens (tertiary/aromatic N) is 2. The summed E-state index contributed by atoms with van der Waals surface area (Å²) in [7, 11) is 0. The topological polar surface area (TPSA) is 132 Å². The van der Waals surface area contributed by atoms with Crippen LogP contribution in [0.1, 0.15) is 29.4 Å². The van der Waals surface area contributed by atoms with Crippen molar-refractivity contribution < 1.29 is 9.53 Å². The predicted octanol–water partition coefficient (Wildman–Crippen LogP) is 1.81. The van der Waals surface area contributed by atoms with E-state index >= 15 is 0 Å². The van der Waals surface area contributed by atoms with E-state index in [4.69, 9.17) is 16.2 Å². The molecule has 0 radical (unpaired) electrons. The summed E-state index contributed by atoms with van der Waals surface area (Å²) >= 11 is 0. The van der Waals surface area contributed by atoms with Crippen LogP contribution in [0.15, 0.2) is 30.5 Å². The Morgan fingerprint density at radius 3 is 3.00 bits per heavy atom. The third-order valence-electron chi connectivity index (χ3n) is 5.09. The van der Waals surface area contributed by atoms with Gasteiger partial charge in [0.05, 0.1) is 18.5 Å². The second-order valence-corrected chi connectivity index (χ2v) is 7.05. The van der Waals surface area contributed by atoms with E-state index in [9.17, 15) is 4.79 Å². The summed E-state index contributed by atoms with van der Waals surface area (Å²) in [6.45, 7) is 3.26. The first-order valence-corrected chi connectivity index (χ1v) is 9.44. The Labute approximate surface area is 162 Å². The van der Waals surface area contributed by atoms with Gasteiger partial charge in [0.1, 0.15) is 11.5 Å². The van der Waals surface area contributed by atoms with Gasteiger partial charge in [0.15, 0.2) is 5.69 Å². The SMILES string of the molecule is CCc1ccc2[nH]c(-c3nc(N[C@@H]4CCOCC4N)cnc3C(N)=O)cc2c1. The Morgan fingerprint density at radius 1 is 1.39 bits per heavy atom. The highest BCUT2D eigenvalue weighted by atomic mass is 16.5. The van der Waals surface area contributed by atoms with E-state index in [0.29, 0.717) is 30.4 Å². The quantitative estimate of drug-likeness (QED) is 0.534. The highest BCUT2D eigenvalue weighted by Gasteiger charge is 2.24. The number of aromatic amines is 1. The molecule has 1 unspecified atom stereocenters. The molecule has 8 heteroatoms. The molecule has 2 atom stereocenters. The van der Waals surface area contributed by atoms with Crippen LogP contribution in [0.4, 0.5) is 5.82 Å². The van der Waals surface area contributed by atoms with Gasteiger partial charge >= 0.3 is 0 Å². The van der Waals surface area contributed by atoms with Crippen LogP contribution in [0.5, 0.6) is 0 Å². The van der Waals surface area contributed by atoms with Crippen LogP contribution >= 0.6 is 0 Å². The van der Waals surface area contributed by atoms with E-state index in [2.05, 4.69) is 39.3 Å². The molecule has 4 rings (SSSR count). The molecule has 3 heterocycles. The summed E-state index contributed by atoms with van der Waals surface area (Å²) in [6, 6.07) is 8.09. The molecule has 1 aliphatic heterocycles. The number of nitrogens with two attached hydrogens (primary N) is 2. The Bertz CT molecular complexity index is 1020. The molecule has 1 aromatic carbocycles. The molecule has 8 nitrogen and oxygen atoms in total. The number of H-pyrrole nitrogens is 1. The van der Waals surface area contributed by atoms with Crippen LogP contribution in [0.3, 0.4) is 0 Å². The van der Waals surface area contributed by atoms with E-state index in [1.54, 1.807) is 0 Å². The van der Waals surface area contributed by atoms with Crippen molar-refractivity contribution in [1.29, 1.82) is 0 Å². The van der Waals surface area contributed by atoms with Crippen LogP contribution in [0.25, 0.3) is 22.3 Å².